The molecule has 1 aromatic rings. The summed E-state index contributed by atoms with van der Waals surface area (Å²) in [7, 11) is 1.93. The maximum absolute atomic E-state index is 12.3. The number of nitrogens with one attached hydrogen (secondary N) is 1. The van der Waals surface area contributed by atoms with Gasteiger partial charge in [0.2, 0.25) is 0 Å². The average molecular weight is 307 g/mol. The summed E-state index contributed by atoms with van der Waals surface area (Å²) in [5.74, 6) is 0. The van der Waals surface area contributed by atoms with E-state index in [1.807, 2.05) is 11.9 Å². The van der Waals surface area contributed by atoms with Gasteiger partial charge in [0.15, 0.2) is 0 Å². The number of carbonyl (C=O) groups is 1. The van der Waals surface area contributed by atoms with E-state index in [9.17, 15) is 4.79 Å². The number of hydrogen-bond donors (Lipinski definition) is 1. The molecular formula is C16H25N3OS. The van der Waals surface area contributed by atoms with Crippen molar-refractivity contribution < 1.29 is 4.79 Å². The number of nitrogens with zero attached hydrogens (tertiary/aromatic N) is 2. The number of carbonyl (C=O) groups excluding carboxylic acids is 1. The Hall–Kier alpha value is -1.07. The third kappa shape index (κ3) is 3.40. The van der Waals surface area contributed by atoms with Crippen molar-refractivity contribution >= 4 is 17.4 Å². The van der Waals surface area contributed by atoms with Crippen LogP contribution in [-0.4, -0.2) is 48.6 Å². The van der Waals surface area contributed by atoms with Crippen molar-refractivity contribution in [3.8, 4) is 0 Å². The Bertz CT molecular complexity index is 452. The van der Waals surface area contributed by atoms with E-state index >= 15 is 0 Å². The molecule has 0 radical (unpaired) electrons. The smallest absolute Gasteiger partial charge is 0.317 e. The van der Waals surface area contributed by atoms with E-state index in [1.54, 1.807) is 11.3 Å². The molecule has 1 N–H and O–H groups in total. The molecule has 5 heteroatoms. The molecule has 0 bridgehead atoms. The van der Waals surface area contributed by atoms with E-state index in [4.69, 9.17) is 0 Å². The van der Waals surface area contributed by atoms with Crippen LogP contribution >= 0.6 is 11.3 Å². The van der Waals surface area contributed by atoms with Crippen molar-refractivity contribution in [2.24, 2.45) is 0 Å². The second kappa shape index (κ2) is 6.79. The molecule has 116 valence electrons. The maximum Gasteiger partial charge on any atom is 0.317 e. The molecule has 1 saturated heterocycles. The highest BCUT2D eigenvalue weighted by molar-refractivity contribution is 7.10. The Kier molecular flexibility index (Phi) is 4.80. The number of hydrogen-bond acceptors (Lipinski definition) is 3. The molecule has 3 rings (SSSR count). The van der Waals surface area contributed by atoms with E-state index in [0.717, 1.165) is 32.5 Å². The molecule has 0 spiro atoms. The minimum absolute atomic E-state index is 0.0838. The van der Waals surface area contributed by atoms with Crippen LogP contribution in [0.5, 0.6) is 0 Å². The van der Waals surface area contributed by atoms with Gasteiger partial charge in [-0.3, -0.25) is 4.90 Å². The van der Waals surface area contributed by atoms with E-state index in [1.165, 1.54) is 24.1 Å². The van der Waals surface area contributed by atoms with Gasteiger partial charge in [0.05, 0.1) is 6.04 Å². The SMILES string of the molecule is CN(C(=O)NC[C@@H](c1cccs1)N1CCCC1)C1CCC1. The first-order chi connectivity index (χ1) is 10.3. The summed E-state index contributed by atoms with van der Waals surface area (Å²) in [6, 6.07) is 5.17. The molecule has 0 aromatic carbocycles. The Morgan fingerprint density at radius 2 is 2.19 bits per heavy atom. The Morgan fingerprint density at radius 3 is 2.76 bits per heavy atom. The quantitative estimate of drug-likeness (QED) is 0.907. The summed E-state index contributed by atoms with van der Waals surface area (Å²) < 4.78 is 0. The topological polar surface area (TPSA) is 35.6 Å². The van der Waals surface area contributed by atoms with E-state index in [0.29, 0.717) is 12.1 Å². The minimum Gasteiger partial charge on any atom is -0.336 e. The fourth-order valence-corrected chi connectivity index (χ4v) is 4.05. The zero-order chi connectivity index (χ0) is 14.7. The van der Waals surface area contributed by atoms with Crippen LogP contribution in [0.25, 0.3) is 0 Å². The van der Waals surface area contributed by atoms with Gasteiger partial charge in [-0.05, 0) is 56.6 Å². The highest BCUT2D eigenvalue weighted by Gasteiger charge is 2.28. The van der Waals surface area contributed by atoms with Gasteiger partial charge in [-0.1, -0.05) is 6.07 Å². The van der Waals surface area contributed by atoms with Gasteiger partial charge in [-0.15, -0.1) is 11.3 Å². The van der Waals surface area contributed by atoms with Gasteiger partial charge < -0.3 is 10.2 Å². The first-order valence-electron chi connectivity index (χ1n) is 8.04. The predicted molar refractivity (Wildman–Crippen MR) is 86.7 cm³/mol. The van der Waals surface area contributed by atoms with E-state index in [2.05, 4.69) is 27.7 Å². The fourth-order valence-electron chi connectivity index (χ4n) is 3.19. The van der Waals surface area contributed by atoms with Gasteiger partial charge in [-0.25, -0.2) is 4.79 Å². The number of urea groups is 1. The second-order valence-electron chi connectivity index (χ2n) is 6.16. The van der Waals surface area contributed by atoms with Gasteiger partial charge in [0.25, 0.3) is 0 Å². The summed E-state index contributed by atoms with van der Waals surface area (Å²) in [6.45, 7) is 3.02. The zero-order valence-electron chi connectivity index (χ0n) is 12.8. The van der Waals surface area contributed by atoms with Crippen molar-refractivity contribution in [1.29, 1.82) is 0 Å². The molecule has 0 unspecified atom stereocenters. The summed E-state index contributed by atoms with van der Waals surface area (Å²) in [5, 5.41) is 5.27. The Labute approximate surface area is 131 Å². The van der Waals surface area contributed by atoms with Crippen LogP contribution in [0.4, 0.5) is 4.79 Å². The zero-order valence-corrected chi connectivity index (χ0v) is 13.6. The van der Waals surface area contributed by atoms with Crippen molar-refractivity contribution in [3.05, 3.63) is 22.4 Å². The lowest BCUT2D eigenvalue weighted by Gasteiger charge is -2.35. The predicted octanol–water partition coefficient (Wildman–Crippen LogP) is 3.08. The highest BCUT2D eigenvalue weighted by Crippen LogP contribution is 2.28. The number of thiophene rings is 1. The molecule has 1 aromatic heterocycles. The normalized spacial score (nSPS) is 21.0. The molecule has 2 heterocycles. The molecular weight excluding hydrogens is 282 g/mol. The van der Waals surface area contributed by atoms with Crippen molar-refractivity contribution in [3.63, 3.8) is 0 Å². The minimum atomic E-state index is 0.0838. The molecule has 21 heavy (non-hydrogen) atoms. The van der Waals surface area contributed by atoms with E-state index < -0.39 is 0 Å². The third-order valence-corrected chi connectivity index (χ3v) is 5.82. The lowest BCUT2D eigenvalue weighted by molar-refractivity contribution is 0.153. The molecule has 2 aliphatic rings. The van der Waals surface area contributed by atoms with Crippen molar-refractivity contribution in [2.75, 3.05) is 26.7 Å². The van der Waals surface area contributed by atoms with Gasteiger partial charge in [-0.2, -0.15) is 0 Å². The fraction of sp³-hybridized carbons (Fsp3) is 0.688. The second-order valence-corrected chi connectivity index (χ2v) is 7.14. The number of rotatable bonds is 5. The van der Waals surface area contributed by atoms with Crippen LogP contribution in [0.3, 0.4) is 0 Å². The molecule has 1 saturated carbocycles. The van der Waals surface area contributed by atoms with Gasteiger partial charge in [0, 0.05) is 24.5 Å². The van der Waals surface area contributed by atoms with Crippen LogP contribution in [0.15, 0.2) is 17.5 Å². The van der Waals surface area contributed by atoms with Crippen molar-refractivity contribution in [1.82, 2.24) is 15.1 Å². The average Bonchev–Trinajstić information content (AvgIpc) is 3.09. The van der Waals surface area contributed by atoms with Crippen LogP contribution in [0, 0.1) is 0 Å². The summed E-state index contributed by atoms with van der Waals surface area (Å²) in [5.41, 5.74) is 0. The third-order valence-electron chi connectivity index (χ3n) is 4.84. The molecule has 1 aliphatic carbocycles. The summed E-state index contributed by atoms with van der Waals surface area (Å²) in [6.07, 6.45) is 6.12. The molecule has 2 fully saturated rings. The van der Waals surface area contributed by atoms with E-state index in [-0.39, 0.29) is 6.03 Å². The maximum atomic E-state index is 12.3. The van der Waals surface area contributed by atoms with Gasteiger partial charge >= 0.3 is 6.03 Å². The molecule has 1 atom stereocenters. The lowest BCUT2D eigenvalue weighted by atomic mass is 9.92. The van der Waals surface area contributed by atoms with Crippen LogP contribution < -0.4 is 5.32 Å². The van der Waals surface area contributed by atoms with Gasteiger partial charge in [0.1, 0.15) is 0 Å². The molecule has 2 amide bonds. The first kappa shape index (κ1) is 14.9. The first-order valence-corrected chi connectivity index (χ1v) is 8.92. The summed E-state index contributed by atoms with van der Waals surface area (Å²) in [4.78, 5) is 18.0. The lowest BCUT2D eigenvalue weighted by Crippen LogP contribution is -2.48. The number of likely N-dealkylation sites (tertiary alicyclic amines) is 1. The molecule has 1 aliphatic heterocycles. The standard InChI is InChI=1S/C16H25N3OS/c1-18(13-6-4-7-13)16(20)17-12-14(15-8-5-11-21-15)19-9-2-3-10-19/h5,8,11,13-14H,2-4,6-7,9-10,12H2,1H3,(H,17,20)/t14-/m0/s1. The Morgan fingerprint density at radius 1 is 1.43 bits per heavy atom. The van der Waals surface area contributed by atoms with Crippen LogP contribution in [0.2, 0.25) is 0 Å². The number of amides is 2. The van der Waals surface area contributed by atoms with Crippen LogP contribution in [0.1, 0.15) is 43.0 Å². The van der Waals surface area contributed by atoms with Crippen molar-refractivity contribution in [2.45, 2.75) is 44.2 Å². The highest BCUT2D eigenvalue weighted by atomic mass is 32.1. The largest absolute Gasteiger partial charge is 0.336 e. The van der Waals surface area contributed by atoms with Crippen LogP contribution in [-0.2, 0) is 0 Å². The summed E-state index contributed by atoms with van der Waals surface area (Å²) >= 11 is 1.79. The Balaban J connectivity index is 1.57. The molecule has 4 nitrogen and oxygen atoms in total. The monoisotopic (exact) mass is 307 g/mol.